The first-order valence-corrected chi connectivity index (χ1v) is 12.7. The molecule has 0 amide bonds. The topological polar surface area (TPSA) is 107 Å². The maximum Gasteiger partial charge on any atom is 0.261 e. The van der Waals surface area contributed by atoms with Crippen LogP contribution in [0.1, 0.15) is 40.0 Å². The van der Waals surface area contributed by atoms with Gasteiger partial charge < -0.3 is 4.43 Å². The van der Waals surface area contributed by atoms with E-state index in [0.717, 1.165) is 6.42 Å². The van der Waals surface area contributed by atoms with Gasteiger partial charge in [-0.1, -0.05) is 91.7 Å². The van der Waals surface area contributed by atoms with E-state index in [4.69, 9.17) is 15.5 Å². The Kier molecular flexibility index (Phi) is 7.41. The smallest absolute Gasteiger partial charge is 0.261 e. The Morgan fingerprint density at radius 2 is 1.39 bits per heavy atom. The van der Waals surface area contributed by atoms with Crippen molar-refractivity contribution in [1.82, 2.24) is 0 Å². The van der Waals surface area contributed by atoms with Crippen LogP contribution >= 0.6 is 0 Å². The van der Waals surface area contributed by atoms with E-state index in [1.807, 2.05) is 12.1 Å². The number of nitrogens with zero attached hydrogens (tertiary/aromatic N) is 6. The Morgan fingerprint density at radius 3 is 1.87 bits per heavy atom. The molecule has 1 fully saturated rings. The van der Waals surface area contributed by atoms with Crippen molar-refractivity contribution in [3.63, 3.8) is 0 Å². The molecule has 7 nitrogen and oxygen atoms in total. The average molecular weight is 435 g/mol. The van der Waals surface area contributed by atoms with Crippen LogP contribution in [0.4, 0.5) is 0 Å². The van der Waals surface area contributed by atoms with Crippen molar-refractivity contribution in [2.75, 3.05) is 6.61 Å². The highest BCUT2D eigenvalue weighted by atomic mass is 28.4. The second kappa shape index (κ2) is 10.0. The van der Waals surface area contributed by atoms with Crippen molar-refractivity contribution in [3.05, 3.63) is 81.5 Å². The van der Waals surface area contributed by atoms with E-state index in [-0.39, 0.29) is 23.0 Å². The van der Waals surface area contributed by atoms with Gasteiger partial charge >= 0.3 is 0 Å². The lowest BCUT2D eigenvalue weighted by Crippen LogP contribution is -2.67. The van der Waals surface area contributed by atoms with E-state index in [1.165, 1.54) is 10.4 Å². The fourth-order valence-electron chi connectivity index (χ4n) is 4.76. The average Bonchev–Trinajstić information content (AvgIpc) is 2.77. The second-order valence-electron chi connectivity index (χ2n) is 9.20. The molecule has 8 heteroatoms. The minimum atomic E-state index is -2.59. The molecule has 2 aromatic carbocycles. The van der Waals surface area contributed by atoms with Crippen LogP contribution in [-0.4, -0.2) is 27.0 Å². The number of hydrogen-bond acceptors (Lipinski definition) is 3. The van der Waals surface area contributed by atoms with E-state index in [1.54, 1.807) is 0 Å². The highest BCUT2D eigenvalue weighted by molar-refractivity contribution is 6.99. The molecule has 0 saturated heterocycles. The summed E-state index contributed by atoms with van der Waals surface area (Å²) in [7, 11) is -2.59. The fraction of sp³-hybridized carbons (Fsp3) is 0.478. The van der Waals surface area contributed by atoms with Crippen molar-refractivity contribution < 1.29 is 4.43 Å². The third-order valence-electron chi connectivity index (χ3n) is 6.24. The molecule has 3 unspecified atom stereocenters. The Hall–Kier alpha value is -2.76. The zero-order chi connectivity index (χ0) is 22.3. The standard InChI is InChI=1S/C23H30N6OSi/c1-23(2,3)31(19-10-6-4-7-11-19,20-12-8-5-9-13-20)30-17-18-14-15-21(26-28-24)22(16-18)27-29-25/h4-13,18,21-22H,14-17H2,1-3H3. The summed E-state index contributed by atoms with van der Waals surface area (Å²) in [4.78, 5) is 5.91. The number of azide groups is 2. The zero-order valence-corrected chi connectivity index (χ0v) is 19.4. The molecule has 1 aliphatic carbocycles. The lowest BCUT2D eigenvalue weighted by atomic mass is 9.83. The minimum absolute atomic E-state index is 0.0811. The number of hydrogen-bond donors (Lipinski definition) is 0. The summed E-state index contributed by atoms with van der Waals surface area (Å²) < 4.78 is 7.03. The van der Waals surface area contributed by atoms with Gasteiger partial charge in [-0.2, -0.15) is 0 Å². The summed E-state index contributed by atoms with van der Waals surface area (Å²) in [6, 6.07) is 20.6. The first kappa shape index (κ1) is 22.9. The lowest BCUT2D eigenvalue weighted by Gasteiger charge is -2.44. The van der Waals surface area contributed by atoms with Crippen LogP contribution in [0.5, 0.6) is 0 Å². The van der Waals surface area contributed by atoms with Gasteiger partial charge in [0.1, 0.15) is 0 Å². The highest BCUT2D eigenvalue weighted by Gasteiger charge is 2.50. The van der Waals surface area contributed by atoms with Gasteiger partial charge in [-0.15, -0.1) is 0 Å². The van der Waals surface area contributed by atoms with Crippen LogP contribution in [0.15, 0.2) is 70.9 Å². The third-order valence-corrected chi connectivity index (χ3v) is 11.2. The van der Waals surface area contributed by atoms with Gasteiger partial charge in [0, 0.05) is 28.5 Å². The van der Waals surface area contributed by atoms with E-state index in [0.29, 0.717) is 19.4 Å². The van der Waals surface area contributed by atoms with Crippen LogP contribution in [0.25, 0.3) is 20.9 Å². The number of benzene rings is 2. The first-order chi connectivity index (χ1) is 14.9. The molecule has 0 aromatic heterocycles. The first-order valence-electron chi connectivity index (χ1n) is 10.8. The maximum absolute atomic E-state index is 8.95. The summed E-state index contributed by atoms with van der Waals surface area (Å²) in [5.74, 6) is 0.252. The highest BCUT2D eigenvalue weighted by Crippen LogP contribution is 2.38. The summed E-state index contributed by atoms with van der Waals surface area (Å²) in [5, 5.41) is 10.2. The summed E-state index contributed by atoms with van der Waals surface area (Å²) >= 11 is 0. The maximum atomic E-state index is 8.95. The molecule has 0 radical (unpaired) electrons. The van der Waals surface area contributed by atoms with Gasteiger partial charge in [0.15, 0.2) is 0 Å². The molecule has 0 aliphatic heterocycles. The molecule has 3 atom stereocenters. The molecule has 1 saturated carbocycles. The molecule has 31 heavy (non-hydrogen) atoms. The molecular formula is C23H30N6OSi. The van der Waals surface area contributed by atoms with Gasteiger partial charge in [-0.3, -0.25) is 0 Å². The van der Waals surface area contributed by atoms with E-state index >= 15 is 0 Å². The lowest BCUT2D eigenvalue weighted by molar-refractivity contribution is 0.179. The Bertz CT molecular complexity index is 910. The number of rotatable bonds is 7. The van der Waals surface area contributed by atoms with Crippen molar-refractivity contribution in [2.24, 2.45) is 16.1 Å². The van der Waals surface area contributed by atoms with Crippen LogP contribution < -0.4 is 10.4 Å². The molecule has 0 bridgehead atoms. The van der Waals surface area contributed by atoms with Crippen molar-refractivity contribution in [2.45, 2.75) is 57.2 Å². The second-order valence-corrected chi connectivity index (χ2v) is 13.5. The molecule has 0 N–H and O–H groups in total. The van der Waals surface area contributed by atoms with E-state index in [9.17, 15) is 0 Å². The third kappa shape index (κ3) is 4.94. The van der Waals surface area contributed by atoms with E-state index < -0.39 is 8.32 Å². The Balaban J connectivity index is 1.93. The molecule has 3 rings (SSSR count). The summed E-state index contributed by atoms with van der Waals surface area (Å²) in [6.45, 7) is 7.38. The summed E-state index contributed by atoms with van der Waals surface area (Å²) in [6.07, 6.45) is 2.27. The Labute approximate surface area is 184 Å². The molecule has 162 valence electrons. The quantitative estimate of drug-likeness (QED) is 0.236. The molecule has 1 aliphatic rings. The van der Waals surface area contributed by atoms with Crippen molar-refractivity contribution in [1.29, 1.82) is 0 Å². The van der Waals surface area contributed by atoms with Crippen molar-refractivity contribution in [3.8, 4) is 0 Å². The molecule has 0 heterocycles. The van der Waals surface area contributed by atoms with Gasteiger partial charge in [-0.25, -0.2) is 0 Å². The molecule has 2 aromatic rings. The predicted octanol–water partition coefficient (Wildman–Crippen LogP) is 5.72. The van der Waals surface area contributed by atoms with Gasteiger partial charge in [0.05, 0.1) is 0 Å². The summed E-state index contributed by atoms with van der Waals surface area (Å²) in [5.41, 5.74) is 17.8. The SMILES string of the molecule is CC(C)(C)[Si](OCC1CCC(N=[N+]=[N-])C(N=[N+]=[N-])C1)(c1ccccc1)c1ccccc1. The normalized spacial score (nSPS) is 21.6. The monoisotopic (exact) mass is 434 g/mol. The zero-order valence-electron chi connectivity index (χ0n) is 18.4. The molecular weight excluding hydrogens is 404 g/mol. The van der Waals surface area contributed by atoms with Crippen LogP contribution in [0.3, 0.4) is 0 Å². The largest absolute Gasteiger partial charge is 0.407 e. The van der Waals surface area contributed by atoms with Crippen LogP contribution in [0.2, 0.25) is 5.04 Å². The van der Waals surface area contributed by atoms with Crippen LogP contribution in [-0.2, 0) is 4.43 Å². The van der Waals surface area contributed by atoms with E-state index in [2.05, 4.69) is 89.4 Å². The fourth-order valence-corrected chi connectivity index (χ4v) is 9.40. The van der Waals surface area contributed by atoms with Gasteiger partial charge in [-0.05, 0) is 51.7 Å². The van der Waals surface area contributed by atoms with Gasteiger partial charge in [0.25, 0.3) is 8.32 Å². The Morgan fingerprint density at radius 1 is 0.871 bits per heavy atom. The predicted molar refractivity (Wildman–Crippen MR) is 127 cm³/mol. The van der Waals surface area contributed by atoms with Gasteiger partial charge in [0.2, 0.25) is 0 Å². The molecule has 0 spiro atoms. The van der Waals surface area contributed by atoms with Crippen molar-refractivity contribution >= 4 is 18.7 Å². The van der Waals surface area contributed by atoms with Crippen LogP contribution in [0, 0.1) is 5.92 Å². The minimum Gasteiger partial charge on any atom is -0.407 e.